The van der Waals surface area contributed by atoms with Crippen LogP contribution in [0.25, 0.3) is 0 Å². The van der Waals surface area contributed by atoms with Crippen LogP contribution in [0.2, 0.25) is 0 Å². The predicted octanol–water partition coefficient (Wildman–Crippen LogP) is 3.66. The molecule has 1 spiro atoms. The molecule has 1 aromatic rings. The van der Waals surface area contributed by atoms with Crippen molar-refractivity contribution in [2.24, 2.45) is 11.3 Å². The van der Waals surface area contributed by atoms with Crippen LogP contribution in [0, 0.1) is 17.2 Å². The van der Waals surface area contributed by atoms with Gasteiger partial charge in [0.2, 0.25) is 5.91 Å². The third-order valence-corrected chi connectivity index (χ3v) is 5.62. The molecular formula is C19H23BrFN3O3. The first-order valence-corrected chi connectivity index (χ1v) is 9.70. The van der Waals surface area contributed by atoms with E-state index >= 15 is 0 Å². The van der Waals surface area contributed by atoms with Crippen LogP contribution in [-0.2, 0) is 9.59 Å². The normalized spacial score (nSPS) is 27.0. The summed E-state index contributed by atoms with van der Waals surface area (Å²) >= 11 is 3.15. The van der Waals surface area contributed by atoms with Crippen molar-refractivity contribution in [1.82, 2.24) is 10.2 Å². The van der Waals surface area contributed by atoms with Gasteiger partial charge in [0, 0.05) is 4.47 Å². The van der Waals surface area contributed by atoms with Gasteiger partial charge in [-0.15, -0.1) is 0 Å². The van der Waals surface area contributed by atoms with E-state index in [2.05, 4.69) is 47.3 Å². The van der Waals surface area contributed by atoms with E-state index in [1.807, 2.05) is 0 Å². The zero-order valence-electron chi connectivity index (χ0n) is 15.6. The van der Waals surface area contributed by atoms with Crippen molar-refractivity contribution in [3.63, 3.8) is 0 Å². The molecule has 1 saturated carbocycles. The number of imide groups is 1. The molecule has 27 heavy (non-hydrogen) atoms. The fraction of sp³-hybridized carbons (Fsp3) is 0.526. The van der Waals surface area contributed by atoms with Gasteiger partial charge in [0.25, 0.3) is 5.91 Å². The Labute approximate surface area is 166 Å². The number of carbonyl (C=O) groups is 3. The smallest absolute Gasteiger partial charge is 0.323 e. The van der Waals surface area contributed by atoms with E-state index in [4.69, 9.17) is 0 Å². The summed E-state index contributed by atoms with van der Waals surface area (Å²) in [6, 6.07) is 3.66. The Morgan fingerprint density at radius 1 is 1.37 bits per heavy atom. The highest BCUT2D eigenvalue weighted by atomic mass is 79.9. The van der Waals surface area contributed by atoms with Crippen LogP contribution < -0.4 is 10.6 Å². The van der Waals surface area contributed by atoms with Gasteiger partial charge < -0.3 is 10.6 Å². The van der Waals surface area contributed by atoms with E-state index in [1.165, 1.54) is 12.1 Å². The summed E-state index contributed by atoms with van der Waals surface area (Å²) in [5.74, 6) is -1.32. The number of nitrogens with one attached hydrogen (secondary N) is 2. The van der Waals surface area contributed by atoms with Crippen molar-refractivity contribution < 1.29 is 18.8 Å². The minimum atomic E-state index is -0.957. The Morgan fingerprint density at radius 2 is 2.07 bits per heavy atom. The molecule has 8 heteroatoms. The number of benzene rings is 1. The number of amides is 4. The largest absolute Gasteiger partial charge is 0.325 e. The summed E-state index contributed by atoms with van der Waals surface area (Å²) in [5, 5.41) is 5.23. The molecule has 3 rings (SSSR count). The van der Waals surface area contributed by atoms with Gasteiger partial charge in [-0.05, 0) is 48.8 Å². The molecule has 2 atom stereocenters. The zero-order valence-corrected chi connectivity index (χ0v) is 17.2. The number of hydrogen-bond donors (Lipinski definition) is 2. The summed E-state index contributed by atoms with van der Waals surface area (Å²) in [7, 11) is 0. The molecule has 2 fully saturated rings. The van der Waals surface area contributed by atoms with Gasteiger partial charge in [0.15, 0.2) is 0 Å². The SMILES string of the molecule is CC1CC(C)(C)CC2(C1)NC(=O)N(CC(=O)Nc1ccc(Br)cc1F)C2=O. The van der Waals surface area contributed by atoms with Crippen molar-refractivity contribution in [1.29, 1.82) is 0 Å². The lowest BCUT2D eigenvalue weighted by Gasteiger charge is -2.43. The molecule has 0 bridgehead atoms. The number of hydrogen-bond acceptors (Lipinski definition) is 3. The van der Waals surface area contributed by atoms with Gasteiger partial charge in [-0.3, -0.25) is 14.5 Å². The number of rotatable bonds is 3. The Balaban J connectivity index is 1.73. The average molecular weight is 440 g/mol. The number of halogens is 2. The van der Waals surface area contributed by atoms with Crippen molar-refractivity contribution in [2.75, 3.05) is 11.9 Å². The summed E-state index contributed by atoms with van der Waals surface area (Å²) in [4.78, 5) is 38.6. The van der Waals surface area contributed by atoms with Gasteiger partial charge in [-0.1, -0.05) is 36.7 Å². The zero-order chi connectivity index (χ0) is 20.0. The average Bonchev–Trinajstić information content (AvgIpc) is 2.72. The molecule has 1 aromatic carbocycles. The first-order chi connectivity index (χ1) is 12.5. The molecule has 2 unspecified atom stereocenters. The highest BCUT2D eigenvalue weighted by Crippen LogP contribution is 2.46. The number of carbonyl (C=O) groups excluding carboxylic acids is 3. The van der Waals surface area contributed by atoms with Gasteiger partial charge in [-0.2, -0.15) is 0 Å². The molecule has 146 valence electrons. The second-order valence-corrected chi connectivity index (χ2v) is 9.35. The molecule has 0 radical (unpaired) electrons. The maximum atomic E-state index is 13.9. The lowest BCUT2D eigenvalue weighted by molar-refractivity contribution is -0.136. The maximum absolute atomic E-state index is 13.9. The van der Waals surface area contributed by atoms with E-state index < -0.39 is 29.8 Å². The van der Waals surface area contributed by atoms with Crippen LogP contribution in [0.15, 0.2) is 22.7 Å². The van der Waals surface area contributed by atoms with Crippen LogP contribution >= 0.6 is 15.9 Å². The first-order valence-electron chi connectivity index (χ1n) is 8.90. The van der Waals surface area contributed by atoms with Gasteiger partial charge >= 0.3 is 6.03 Å². The first kappa shape index (κ1) is 19.8. The molecule has 4 amide bonds. The van der Waals surface area contributed by atoms with E-state index in [1.54, 1.807) is 6.07 Å². The molecule has 1 heterocycles. The Morgan fingerprint density at radius 3 is 2.70 bits per heavy atom. The molecule has 1 saturated heterocycles. The van der Waals surface area contributed by atoms with E-state index in [0.29, 0.717) is 17.3 Å². The number of anilines is 1. The topological polar surface area (TPSA) is 78.5 Å². The number of urea groups is 1. The Kier molecular flexibility index (Phi) is 5.05. The summed E-state index contributed by atoms with van der Waals surface area (Å²) in [6.07, 6.45) is 2.07. The molecular weight excluding hydrogens is 417 g/mol. The van der Waals surface area contributed by atoms with Crippen molar-refractivity contribution in [2.45, 2.75) is 45.6 Å². The highest BCUT2D eigenvalue weighted by molar-refractivity contribution is 9.10. The fourth-order valence-corrected chi connectivity index (χ4v) is 4.91. The molecule has 2 aliphatic rings. The molecule has 0 aromatic heterocycles. The summed E-state index contributed by atoms with van der Waals surface area (Å²) < 4.78 is 14.4. The van der Waals surface area contributed by atoms with Gasteiger partial charge in [0.05, 0.1) is 5.69 Å². The van der Waals surface area contributed by atoms with E-state index in [9.17, 15) is 18.8 Å². The lowest BCUT2D eigenvalue weighted by atomic mass is 9.64. The van der Waals surface area contributed by atoms with Crippen molar-refractivity contribution >= 4 is 39.5 Å². The van der Waals surface area contributed by atoms with Crippen LogP contribution in [0.1, 0.15) is 40.0 Å². The third kappa shape index (κ3) is 4.00. The molecule has 2 N–H and O–H groups in total. The van der Waals surface area contributed by atoms with Gasteiger partial charge in [-0.25, -0.2) is 9.18 Å². The fourth-order valence-electron chi connectivity index (χ4n) is 4.57. The van der Waals surface area contributed by atoms with Crippen LogP contribution in [0.3, 0.4) is 0 Å². The number of nitrogens with zero attached hydrogens (tertiary/aromatic N) is 1. The Hall–Kier alpha value is -1.96. The van der Waals surface area contributed by atoms with Gasteiger partial charge in [0.1, 0.15) is 17.9 Å². The van der Waals surface area contributed by atoms with Crippen molar-refractivity contribution in [3.05, 3.63) is 28.5 Å². The van der Waals surface area contributed by atoms with Crippen molar-refractivity contribution in [3.8, 4) is 0 Å². The molecule has 1 aliphatic heterocycles. The van der Waals surface area contributed by atoms with Crippen LogP contribution in [0.5, 0.6) is 0 Å². The van der Waals surface area contributed by atoms with Crippen LogP contribution in [-0.4, -0.2) is 34.8 Å². The second-order valence-electron chi connectivity index (χ2n) is 8.43. The van der Waals surface area contributed by atoms with E-state index in [0.717, 1.165) is 11.3 Å². The summed E-state index contributed by atoms with van der Waals surface area (Å²) in [6.45, 7) is 5.77. The standard InChI is InChI=1S/C19H23BrFN3O3/c1-11-7-18(2,3)10-19(8-11)16(26)24(17(27)23-19)9-15(25)22-14-5-4-12(20)6-13(14)21/h4-6,11H,7-10H2,1-3H3,(H,22,25)(H,23,27). The minimum absolute atomic E-state index is 0.00242. The predicted molar refractivity (Wildman–Crippen MR) is 103 cm³/mol. The Bertz CT molecular complexity index is 813. The third-order valence-electron chi connectivity index (χ3n) is 5.13. The monoisotopic (exact) mass is 439 g/mol. The van der Waals surface area contributed by atoms with E-state index in [-0.39, 0.29) is 22.9 Å². The minimum Gasteiger partial charge on any atom is -0.323 e. The summed E-state index contributed by atoms with van der Waals surface area (Å²) in [5.41, 5.74) is -1.04. The molecule has 1 aliphatic carbocycles. The lowest BCUT2D eigenvalue weighted by Crippen LogP contribution is -2.54. The highest BCUT2D eigenvalue weighted by Gasteiger charge is 2.56. The maximum Gasteiger partial charge on any atom is 0.325 e. The van der Waals surface area contributed by atoms with Crippen LogP contribution in [0.4, 0.5) is 14.9 Å². The second kappa shape index (κ2) is 6.89. The quantitative estimate of drug-likeness (QED) is 0.705. The molecule has 6 nitrogen and oxygen atoms in total.